The predicted molar refractivity (Wildman–Crippen MR) is 125 cm³/mol. The molecule has 2 atom stereocenters. The fourth-order valence-electron chi connectivity index (χ4n) is 5.11. The molecule has 1 heterocycles. The first kappa shape index (κ1) is 21.6. The van der Waals surface area contributed by atoms with Crippen molar-refractivity contribution >= 4 is 6.09 Å². The van der Waals surface area contributed by atoms with E-state index in [0.29, 0.717) is 12.3 Å². The van der Waals surface area contributed by atoms with E-state index in [9.17, 15) is 9.90 Å². The molecule has 5 rings (SSSR count). The number of hydrogen-bond donors (Lipinski definition) is 2. The Morgan fingerprint density at radius 2 is 1.73 bits per heavy atom. The third kappa shape index (κ3) is 4.25. The quantitative estimate of drug-likeness (QED) is 0.601. The molecule has 172 valence electrons. The van der Waals surface area contributed by atoms with E-state index in [1.165, 1.54) is 22.3 Å². The lowest BCUT2D eigenvalue weighted by atomic mass is 9.90. The van der Waals surface area contributed by atoms with Gasteiger partial charge in [0.1, 0.15) is 17.9 Å². The number of rotatable bonds is 5. The summed E-state index contributed by atoms with van der Waals surface area (Å²) in [5.74, 6) is 0.0370. The molecule has 2 aromatic carbocycles. The molecule has 0 radical (unpaired) electrons. The molecule has 0 aliphatic heterocycles. The van der Waals surface area contributed by atoms with Crippen LogP contribution in [0.4, 0.5) is 4.79 Å². The molecule has 3 aromatic rings. The molecule has 1 aromatic heterocycles. The standard InChI is InChI=1S/C26H30N4O3/c1-26(2,32)24-15-30(29-28-24)23-14-8-7-13-22(23)27-25(31)33-16-21-19-11-5-3-9-17(19)18-10-4-6-12-20(18)21/h3-6,9-12,15,21-23,32H,7-8,13-14,16H2,1-2H3,(H,27,31)/t22-,23+/m0/s1. The first-order valence-electron chi connectivity index (χ1n) is 11.7. The summed E-state index contributed by atoms with van der Waals surface area (Å²) >= 11 is 0. The van der Waals surface area contributed by atoms with E-state index >= 15 is 0 Å². The van der Waals surface area contributed by atoms with Crippen LogP contribution in [-0.4, -0.2) is 38.8 Å². The van der Waals surface area contributed by atoms with Gasteiger partial charge in [-0.2, -0.15) is 0 Å². The van der Waals surface area contributed by atoms with Gasteiger partial charge in [0.2, 0.25) is 0 Å². The molecular weight excluding hydrogens is 416 g/mol. The van der Waals surface area contributed by atoms with Crippen molar-refractivity contribution in [2.24, 2.45) is 0 Å². The molecule has 7 nitrogen and oxygen atoms in total. The van der Waals surface area contributed by atoms with Crippen LogP contribution in [0.25, 0.3) is 11.1 Å². The van der Waals surface area contributed by atoms with Crippen molar-refractivity contribution in [2.75, 3.05) is 6.61 Å². The van der Waals surface area contributed by atoms with Crippen LogP contribution in [0.15, 0.2) is 54.7 Å². The number of carbonyl (C=O) groups is 1. The smallest absolute Gasteiger partial charge is 0.407 e. The number of alkyl carbamates (subject to hydrolysis) is 1. The first-order chi connectivity index (χ1) is 15.9. The molecule has 1 fully saturated rings. The fraction of sp³-hybridized carbons (Fsp3) is 0.423. The number of benzene rings is 2. The van der Waals surface area contributed by atoms with Gasteiger partial charge in [-0.25, -0.2) is 9.48 Å². The van der Waals surface area contributed by atoms with E-state index in [2.05, 4.69) is 39.9 Å². The Balaban J connectivity index is 1.27. The Morgan fingerprint density at radius 1 is 1.09 bits per heavy atom. The van der Waals surface area contributed by atoms with E-state index < -0.39 is 11.7 Å². The number of ether oxygens (including phenoxy) is 1. The molecule has 33 heavy (non-hydrogen) atoms. The van der Waals surface area contributed by atoms with E-state index in [1.807, 2.05) is 24.3 Å². The highest BCUT2D eigenvalue weighted by molar-refractivity contribution is 5.79. The minimum absolute atomic E-state index is 0.0113. The molecule has 0 spiro atoms. The monoisotopic (exact) mass is 446 g/mol. The van der Waals surface area contributed by atoms with Crippen molar-refractivity contribution < 1.29 is 14.6 Å². The number of nitrogens with zero attached hydrogens (tertiary/aromatic N) is 3. The van der Waals surface area contributed by atoms with Gasteiger partial charge in [-0.15, -0.1) is 5.10 Å². The summed E-state index contributed by atoms with van der Waals surface area (Å²) < 4.78 is 7.53. The number of aliphatic hydroxyl groups is 1. The van der Waals surface area contributed by atoms with Gasteiger partial charge in [0.15, 0.2) is 0 Å². The second-order valence-corrected chi connectivity index (χ2v) is 9.57. The summed E-state index contributed by atoms with van der Waals surface area (Å²) in [6, 6.07) is 16.5. The average molecular weight is 447 g/mol. The molecule has 2 aliphatic carbocycles. The summed E-state index contributed by atoms with van der Waals surface area (Å²) in [5.41, 5.74) is 4.29. The van der Waals surface area contributed by atoms with Crippen LogP contribution < -0.4 is 5.32 Å². The van der Waals surface area contributed by atoms with E-state index in [4.69, 9.17) is 4.74 Å². The highest BCUT2D eigenvalue weighted by Crippen LogP contribution is 2.44. The molecular formula is C26H30N4O3. The van der Waals surface area contributed by atoms with Crippen molar-refractivity contribution in [2.45, 2.75) is 63.1 Å². The number of nitrogens with one attached hydrogen (secondary N) is 1. The Hall–Kier alpha value is -3.19. The van der Waals surface area contributed by atoms with Gasteiger partial charge >= 0.3 is 6.09 Å². The number of amides is 1. The van der Waals surface area contributed by atoms with Crippen molar-refractivity contribution in [1.82, 2.24) is 20.3 Å². The highest BCUT2D eigenvalue weighted by atomic mass is 16.5. The van der Waals surface area contributed by atoms with Gasteiger partial charge in [-0.3, -0.25) is 0 Å². The van der Waals surface area contributed by atoms with E-state index in [-0.39, 0.29) is 18.0 Å². The van der Waals surface area contributed by atoms with Gasteiger partial charge in [0.05, 0.1) is 18.3 Å². The van der Waals surface area contributed by atoms with Gasteiger partial charge in [0, 0.05) is 5.92 Å². The SMILES string of the molecule is CC(C)(O)c1cn([C@@H]2CCCC[C@@H]2NC(=O)OCC2c3ccccc3-c3ccccc32)nn1. The Bertz CT molecular complexity index is 1100. The molecule has 2 aliphatic rings. The lowest BCUT2D eigenvalue weighted by Gasteiger charge is -2.31. The number of carbonyl (C=O) groups excluding carboxylic acids is 1. The number of aromatic nitrogens is 3. The summed E-state index contributed by atoms with van der Waals surface area (Å²) in [6.07, 6.45) is 5.22. The number of fused-ring (bicyclic) bond motifs is 3. The second kappa shape index (κ2) is 8.63. The van der Waals surface area contributed by atoms with Crippen LogP contribution in [0.5, 0.6) is 0 Å². The van der Waals surface area contributed by atoms with E-state index in [0.717, 1.165) is 25.7 Å². The zero-order valence-corrected chi connectivity index (χ0v) is 19.1. The molecule has 0 saturated heterocycles. The van der Waals surface area contributed by atoms with Crippen LogP contribution >= 0.6 is 0 Å². The second-order valence-electron chi connectivity index (χ2n) is 9.57. The molecule has 0 unspecified atom stereocenters. The normalized spacial score (nSPS) is 20.2. The Kier molecular flexibility index (Phi) is 5.66. The van der Waals surface area contributed by atoms with Crippen LogP contribution in [-0.2, 0) is 10.3 Å². The van der Waals surface area contributed by atoms with Crippen LogP contribution in [0.3, 0.4) is 0 Å². The lowest BCUT2D eigenvalue weighted by Crippen LogP contribution is -2.43. The molecule has 2 N–H and O–H groups in total. The average Bonchev–Trinajstić information content (AvgIpc) is 3.42. The minimum atomic E-state index is -1.05. The third-order valence-corrected chi connectivity index (χ3v) is 6.85. The van der Waals surface area contributed by atoms with Crippen molar-refractivity contribution in [1.29, 1.82) is 0 Å². The largest absolute Gasteiger partial charge is 0.449 e. The zero-order chi connectivity index (χ0) is 23.0. The maximum Gasteiger partial charge on any atom is 0.407 e. The predicted octanol–water partition coefficient (Wildman–Crippen LogP) is 4.53. The van der Waals surface area contributed by atoms with Crippen molar-refractivity contribution in [3.05, 3.63) is 71.5 Å². The van der Waals surface area contributed by atoms with Gasteiger partial charge in [-0.1, -0.05) is 66.6 Å². The fourth-order valence-corrected chi connectivity index (χ4v) is 5.11. The summed E-state index contributed by atoms with van der Waals surface area (Å²) in [4.78, 5) is 12.8. The summed E-state index contributed by atoms with van der Waals surface area (Å²) in [5, 5.41) is 21.7. The Morgan fingerprint density at radius 3 is 2.36 bits per heavy atom. The molecule has 1 amide bonds. The van der Waals surface area contributed by atoms with Gasteiger partial charge in [0.25, 0.3) is 0 Å². The number of hydrogen-bond acceptors (Lipinski definition) is 5. The topological polar surface area (TPSA) is 89.3 Å². The maximum atomic E-state index is 12.8. The Labute approximate surface area is 193 Å². The minimum Gasteiger partial charge on any atom is -0.449 e. The molecule has 7 heteroatoms. The van der Waals surface area contributed by atoms with Crippen LogP contribution in [0.2, 0.25) is 0 Å². The first-order valence-corrected chi connectivity index (χ1v) is 11.7. The summed E-state index contributed by atoms with van der Waals surface area (Å²) in [6.45, 7) is 3.67. The zero-order valence-electron chi connectivity index (χ0n) is 19.1. The van der Waals surface area contributed by atoms with Gasteiger partial charge < -0.3 is 15.2 Å². The lowest BCUT2D eigenvalue weighted by molar-refractivity contribution is 0.0736. The van der Waals surface area contributed by atoms with E-state index in [1.54, 1.807) is 24.7 Å². The van der Waals surface area contributed by atoms with Crippen LogP contribution in [0.1, 0.15) is 68.3 Å². The third-order valence-electron chi connectivity index (χ3n) is 6.85. The van der Waals surface area contributed by atoms with Gasteiger partial charge in [-0.05, 0) is 48.9 Å². The van der Waals surface area contributed by atoms with Crippen LogP contribution in [0, 0.1) is 0 Å². The summed E-state index contributed by atoms with van der Waals surface area (Å²) in [7, 11) is 0. The molecule has 1 saturated carbocycles. The van der Waals surface area contributed by atoms with Crippen molar-refractivity contribution in [3.8, 4) is 11.1 Å². The molecule has 0 bridgehead atoms. The maximum absolute atomic E-state index is 12.8. The van der Waals surface area contributed by atoms with Crippen molar-refractivity contribution in [3.63, 3.8) is 0 Å². The highest BCUT2D eigenvalue weighted by Gasteiger charge is 2.32.